The summed E-state index contributed by atoms with van der Waals surface area (Å²) in [4.78, 5) is 4.38. The molecule has 1 aromatic carbocycles. The van der Waals surface area contributed by atoms with E-state index in [-0.39, 0.29) is 0 Å². The number of benzene rings is 1. The Kier molecular flexibility index (Phi) is 4.15. The lowest BCUT2D eigenvalue weighted by atomic mass is 10.0. The number of aryl methyl sites for hydroxylation is 2. The third-order valence-electron chi connectivity index (χ3n) is 3.80. The maximum absolute atomic E-state index is 10.1. The maximum atomic E-state index is 10.1. The van der Waals surface area contributed by atoms with E-state index in [0.717, 1.165) is 53.8 Å². The van der Waals surface area contributed by atoms with E-state index in [2.05, 4.69) is 4.98 Å². The average Bonchev–Trinajstić information content (AvgIpc) is 2.95. The lowest BCUT2D eigenvalue weighted by molar-refractivity contribution is 0.356. The van der Waals surface area contributed by atoms with Crippen molar-refractivity contribution in [2.45, 2.75) is 25.7 Å². The molecule has 108 valence electrons. The van der Waals surface area contributed by atoms with Crippen molar-refractivity contribution < 1.29 is 9.84 Å². The Hall–Kier alpha value is -1.94. The monoisotopic (exact) mass is 299 g/mol. The van der Waals surface area contributed by atoms with Gasteiger partial charge in [-0.15, -0.1) is 0 Å². The molecule has 3 rings (SSSR count). The first-order valence-corrected chi connectivity index (χ1v) is 7.61. The number of ether oxygens (including phenoxy) is 1. The van der Waals surface area contributed by atoms with Gasteiger partial charge in [-0.3, -0.25) is 4.98 Å². The second kappa shape index (κ2) is 6.22. The van der Waals surface area contributed by atoms with Gasteiger partial charge in [0.15, 0.2) is 0 Å². The lowest BCUT2D eigenvalue weighted by Crippen LogP contribution is -1.98. The normalized spacial score (nSPS) is 12.8. The van der Waals surface area contributed by atoms with Gasteiger partial charge in [-0.25, -0.2) is 0 Å². The highest BCUT2D eigenvalue weighted by Crippen LogP contribution is 2.32. The standard InChI is InChI=1S/C17H17NO2S/c19-16-9-13-6-8-20-17(13)10-12(16)3-1-5-15-14(11-21)4-2-7-18-15/h2,4,7,9-11,19H,1,3,5-6,8H2. The largest absolute Gasteiger partial charge is 0.508 e. The van der Waals surface area contributed by atoms with Crippen LogP contribution in [-0.4, -0.2) is 22.1 Å². The highest BCUT2D eigenvalue weighted by atomic mass is 32.1. The Balaban J connectivity index is 1.67. The van der Waals surface area contributed by atoms with Crippen molar-refractivity contribution in [1.29, 1.82) is 0 Å². The van der Waals surface area contributed by atoms with Crippen LogP contribution in [0.3, 0.4) is 0 Å². The molecule has 1 aliphatic rings. The molecule has 2 aromatic rings. The molecule has 0 saturated heterocycles. The van der Waals surface area contributed by atoms with E-state index in [4.69, 9.17) is 17.0 Å². The van der Waals surface area contributed by atoms with Gasteiger partial charge in [-0.1, -0.05) is 18.3 Å². The number of phenols is 1. The third kappa shape index (κ3) is 3.05. The Morgan fingerprint density at radius 2 is 2.24 bits per heavy atom. The van der Waals surface area contributed by atoms with Crippen LogP contribution in [-0.2, 0) is 19.3 Å². The summed E-state index contributed by atoms with van der Waals surface area (Å²) in [5, 5.41) is 11.7. The Bertz CT molecular complexity index is 670. The maximum Gasteiger partial charge on any atom is 0.123 e. The van der Waals surface area contributed by atoms with Gasteiger partial charge in [0.1, 0.15) is 11.5 Å². The molecule has 0 bridgehead atoms. The van der Waals surface area contributed by atoms with Crippen LogP contribution in [0.1, 0.15) is 28.8 Å². The van der Waals surface area contributed by atoms with Gasteiger partial charge in [-0.2, -0.15) is 0 Å². The number of aromatic nitrogens is 1. The fourth-order valence-electron chi connectivity index (χ4n) is 2.67. The summed E-state index contributed by atoms with van der Waals surface area (Å²) in [6.07, 6.45) is 5.24. The first-order valence-electron chi connectivity index (χ1n) is 7.14. The second-order valence-corrected chi connectivity index (χ2v) is 5.43. The molecule has 0 amide bonds. The van der Waals surface area contributed by atoms with Crippen LogP contribution in [0.25, 0.3) is 0 Å². The van der Waals surface area contributed by atoms with Crippen molar-refractivity contribution in [3.8, 4) is 11.5 Å². The predicted octanol–water partition coefficient (Wildman–Crippen LogP) is 3.25. The number of fused-ring (bicyclic) bond motifs is 1. The summed E-state index contributed by atoms with van der Waals surface area (Å²) in [7, 11) is 0. The van der Waals surface area contributed by atoms with Crippen molar-refractivity contribution in [1.82, 2.24) is 4.98 Å². The van der Waals surface area contributed by atoms with Crippen LogP contribution in [0.4, 0.5) is 0 Å². The number of rotatable bonds is 5. The first-order chi connectivity index (χ1) is 10.3. The molecule has 0 saturated carbocycles. The molecule has 0 fully saturated rings. The number of hydrogen-bond donors (Lipinski definition) is 1. The van der Waals surface area contributed by atoms with Gasteiger partial charge in [0.2, 0.25) is 0 Å². The number of phenolic OH excluding ortho intramolecular Hbond substituents is 1. The Morgan fingerprint density at radius 1 is 1.33 bits per heavy atom. The zero-order valence-electron chi connectivity index (χ0n) is 11.7. The highest BCUT2D eigenvalue weighted by molar-refractivity contribution is 7.79. The van der Waals surface area contributed by atoms with Gasteiger partial charge >= 0.3 is 0 Å². The van der Waals surface area contributed by atoms with E-state index in [1.54, 1.807) is 11.6 Å². The fourth-order valence-corrected chi connectivity index (χ4v) is 2.88. The van der Waals surface area contributed by atoms with Crippen LogP contribution >= 0.6 is 12.2 Å². The number of thiocarbonyl (C=S) groups is 1. The molecule has 0 spiro atoms. The van der Waals surface area contributed by atoms with E-state index in [1.807, 2.05) is 24.3 Å². The molecule has 0 radical (unpaired) electrons. The molecular formula is C17H17NO2S. The van der Waals surface area contributed by atoms with E-state index in [1.165, 1.54) is 0 Å². The highest BCUT2D eigenvalue weighted by Gasteiger charge is 2.15. The van der Waals surface area contributed by atoms with E-state index in [9.17, 15) is 5.11 Å². The molecule has 1 N–H and O–H groups in total. The number of nitrogens with zero attached hydrogens (tertiary/aromatic N) is 1. The Labute approximate surface area is 129 Å². The van der Waals surface area contributed by atoms with Gasteiger partial charge in [0.05, 0.1) is 6.61 Å². The molecule has 4 heteroatoms. The van der Waals surface area contributed by atoms with Crippen molar-refractivity contribution in [2.75, 3.05) is 6.61 Å². The van der Waals surface area contributed by atoms with Crippen molar-refractivity contribution >= 4 is 17.6 Å². The van der Waals surface area contributed by atoms with Crippen LogP contribution in [0.5, 0.6) is 11.5 Å². The molecule has 21 heavy (non-hydrogen) atoms. The molecule has 2 heterocycles. The van der Waals surface area contributed by atoms with Crippen LogP contribution in [0, 0.1) is 0 Å². The average molecular weight is 299 g/mol. The summed E-state index contributed by atoms with van der Waals surface area (Å²) >= 11 is 5.00. The van der Waals surface area contributed by atoms with Gasteiger partial charge < -0.3 is 9.84 Å². The topological polar surface area (TPSA) is 42.4 Å². The van der Waals surface area contributed by atoms with Crippen molar-refractivity contribution in [3.63, 3.8) is 0 Å². The van der Waals surface area contributed by atoms with Crippen molar-refractivity contribution in [2.24, 2.45) is 0 Å². The van der Waals surface area contributed by atoms with E-state index >= 15 is 0 Å². The van der Waals surface area contributed by atoms with Gasteiger partial charge in [0, 0.05) is 34.8 Å². The molecule has 0 unspecified atom stereocenters. The van der Waals surface area contributed by atoms with Crippen LogP contribution < -0.4 is 4.74 Å². The molecular weight excluding hydrogens is 282 g/mol. The molecule has 3 nitrogen and oxygen atoms in total. The zero-order chi connectivity index (χ0) is 14.7. The number of aromatic hydroxyl groups is 1. The smallest absolute Gasteiger partial charge is 0.123 e. The zero-order valence-corrected chi connectivity index (χ0v) is 12.5. The lowest BCUT2D eigenvalue weighted by Gasteiger charge is -2.08. The molecule has 0 aliphatic carbocycles. The minimum absolute atomic E-state index is 0.371. The fraction of sp³-hybridized carbons (Fsp3) is 0.294. The molecule has 1 aromatic heterocycles. The summed E-state index contributed by atoms with van der Waals surface area (Å²) in [6.45, 7) is 0.712. The van der Waals surface area contributed by atoms with Gasteiger partial charge in [-0.05, 0) is 43.0 Å². The third-order valence-corrected chi connectivity index (χ3v) is 4.06. The first kappa shape index (κ1) is 14.0. The van der Waals surface area contributed by atoms with E-state index in [0.29, 0.717) is 12.4 Å². The van der Waals surface area contributed by atoms with E-state index < -0.39 is 0 Å². The van der Waals surface area contributed by atoms with Gasteiger partial charge in [0.25, 0.3) is 0 Å². The van der Waals surface area contributed by atoms with Crippen LogP contribution in [0.2, 0.25) is 0 Å². The minimum atomic E-state index is 0.371. The summed E-state index contributed by atoms with van der Waals surface area (Å²) in [5.41, 5.74) is 4.07. The summed E-state index contributed by atoms with van der Waals surface area (Å²) < 4.78 is 5.55. The van der Waals surface area contributed by atoms with Crippen LogP contribution in [0.15, 0.2) is 30.5 Å². The summed E-state index contributed by atoms with van der Waals surface area (Å²) in [6, 6.07) is 7.68. The Morgan fingerprint density at radius 3 is 3.10 bits per heavy atom. The summed E-state index contributed by atoms with van der Waals surface area (Å²) in [5.74, 6) is 1.29. The van der Waals surface area contributed by atoms with Crippen molar-refractivity contribution in [3.05, 3.63) is 52.8 Å². The molecule has 1 aliphatic heterocycles. The quantitative estimate of drug-likeness (QED) is 0.861. The number of hydrogen-bond acceptors (Lipinski definition) is 4. The number of pyridine rings is 1. The minimum Gasteiger partial charge on any atom is -0.508 e. The second-order valence-electron chi connectivity index (χ2n) is 5.20. The SMILES string of the molecule is Oc1cc2c(cc1CCCc1ncccc1C=S)OCC2. The predicted molar refractivity (Wildman–Crippen MR) is 86.3 cm³/mol. The molecule has 0 atom stereocenters.